The van der Waals surface area contributed by atoms with Crippen molar-refractivity contribution in [3.8, 4) is 0 Å². The van der Waals surface area contributed by atoms with E-state index in [2.05, 4.69) is 24.3 Å². The summed E-state index contributed by atoms with van der Waals surface area (Å²) in [5.41, 5.74) is 0. The molecule has 0 bridgehead atoms. The third-order valence-corrected chi connectivity index (χ3v) is 12.3. The second-order valence-electron chi connectivity index (χ2n) is 6.78. The average Bonchev–Trinajstić information content (AvgIpc) is 2.97. The summed E-state index contributed by atoms with van der Waals surface area (Å²) < 4.78 is 0. The molecule has 4 aromatic carbocycles. The van der Waals surface area contributed by atoms with Crippen LogP contribution in [-0.2, 0) is 21.7 Å². The van der Waals surface area contributed by atoms with Crippen LogP contribution in [0.4, 0.5) is 0 Å². The maximum Gasteiger partial charge on any atom is 4.00 e. The summed E-state index contributed by atoms with van der Waals surface area (Å²) in [5, 5.41) is 3.35. The average molecular weight is 1050 g/mol. The Bertz CT molecular complexity index is 1320. The van der Waals surface area contributed by atoms with Crippen LogP contribution in [0.5, 0.6) is 0 Å². The molecule has 0 aliphatic carbocycles. The molecular formula is C24Cl20Ti. The van der Waals surface area contributed by atoms with E-state index >= 15 is 0 Å². The second kappa shape index (κ2) is 22.5. The molecule has 0 aromatic heterocycles. The molecule has 0 heterocycles. The summed E-state index contributed by atoms with van der Waals surface area (Å²) in [6, 6.07) is 10.1. The zero-order chi connectivity index (χ0) is 34.4. The van der Waals surface area contributed by atoms with Crippen LogP contribution < -0.4 is 0 Å². The first-order valence-electron chi connectivity index (χ1n) is 9.78. The molecule has 0 amide bonds. The van der Waals surface area contributed by atoms with Gasteiger partial charge in [-0.2, -0.15) is 92.8 Å². The fourth-order valence-corrected chi connectivity index (χ4v) is 6.16. The van der Waals surface area contributed by atoms with Crippen LogP contribution in [0, 0.1) is 24.3 Å². The van der Waals surface area contributed by atoms with Crippen molar-refractivity contribution in [2.45, 2.75) is 0 Å². The Morgan fingerprint density at radius 2 is 0.267 bits per heavy atom. The van der Waals surface area contributed by atoms with Crippen LogP contribution in [0.25, 0.3) is 0 Å². The first-order chi connectivity index (χ1) is 20.1. The first kappa shape index (κ1) is 48.4. The Kier molecular flexibility index (Phi) is 24.2. The van der Waals surface area contributed by atoms with E-state index in [4.69, 9.17) is 232 Å². The van der Waals surface area contributed by atoms with Gasteiger partial charge in [-0.1, -0.05) is 40.2 Å². The quantitative estimate of drug-likeness (QED) is 0.0713. The van der Waals surface area contributed by atoms with Crippen LogP contribution in [0.3, 0.4) is 0 Å². The molecule has 0 radical (unpaired) electrons. The molecule has 45 heavy (non-hydrogen) atoms. The SMILES string of the molecule is Clc1[c-]c(Cl)c(Cl)c(Cl)c1Cl.Clc1[c-]c(Cl)c(Cl)c(Cl)c1Cl.Clc1[c-]c(Cl)c(Cl)c(Cl)c1Cl.Clc1[c-]c(Cl)c(Cl)c(Cl)c1Cl.[Ti+4]. The summed E-state index contributed by atoms with van der Waals surface area (Å²) in [7, 11) is 0. The molecule has 0 saturated heterocycles. The fraction of sp³-hybridized carbons (Fsp3) is 0. The number of halogens is 20. The van der Waals surface area contributed by atoms with Crippen LogP contribution >= 0.6 is 232 Å². The smallest absolute Gasteiger partial charge is 0.164 e. The number of benzene rings is 4. The number of rotatable bonds is 0. The summed E-state index contributed by atoms with van der Waals surface area (Å²) in [6.45, 7) is 0. The van der Waals surface area contributed by atoms with Crippen molar-refractivity contribution in [3.05, 3.63) is 125 Å². The molecule has 0 nitrogen and oxygen atoms in total. The van der Waals surface area contributed by atoms with Gasteiger partial charge < -0.3 is 0 Å². The van der Waals surface area contributed by atoms with Gasteiger partial charge in [-0.05, 0) is 60.3 Å². The van der Waals surface area contributed by atoms with Gasteiger partial charge in [0.2, 0.25) is 0 Å². The monoisotopic (exact) mass is 1040 g/mol. The third-order valence-electron chi connectivity index (χ3n) is 3.96. The van der Waals surface area contributed by atoms with Crippen LogP contribution in [0.15, 0.2) is 0 Å². The van der Waals surface area contributed by atoms with E-state index < -0.39 is 0 Å². The van der Waals surface area contributed by atoms with E-state index in [1.807, 2.05) is 0 Å². The third kappa shape index (κ3) is 14.0. The molecule has 0 unspecified atom stereocenters. The first-order valence-corrected chi connectivity index (χ1v) is 17.3. The molecular weight excluding hydrogens is 1050 g/mol. The Balaban J connectivity index is 0.000000569. The van der Waals surface area contributed by atoms with Gasteiger partial charge in [0.05, 0.1) is 0 Å². The normalized spacial score (nSPS) is 10.0. The van der Waals surface area contributed by atoms with Crippen LogP contribution in [0.2, 0.25) is 100 Å². The van der Waals surface area contributed by atoms with Gasteiger partial charge in [-0.25, -0.2) is 0 Å². The fourth-order valence-electron chi connectivity index (χ4n) is 1.98. The van der Waals surface area contributed by atoms with Crippen molar-refractivity contribution in [2.75, 3.05) is 0 Å². The van der Waals surface area contributed by atoms with Gasteiger partial charge in [0.1, 0.15) is 0 Å². The Morgan fingerprint density at radius 3 is 0.356 bits per heavy atom. The molecule has 4 aromatic rings. The molecule has 0 aliphatic heterocycles. The molecule has 0 aliphatic rings. The van der Waals surface area contributed by atoms with Crippen LogP contribution in [0.1, 0.15) is 0 Å². The molecule has 0 atom stereocenters. The molecule has 0 spiro atoms. The predicted octanol–water partition coefficient (Wildman–Crippen LogP) is 19.0. The van der Waals surface area contributed by atoms with E-state index in [9.17, 15) is 0 Å². The van der Waals surface area contributed by atoms with Gasteiger partial charge in [-0.15, -0.1) is 163 Å². The largest absolute Gasteiger partial charge is 4.00 e. The van der Waals surface area contributed by atoms with Crippen molar-refractivity contribution in [1.29, 1.82) is 0 Å². The minimum absolute atomic E-state index is 0. The molecule has 240 valence electrons. The van der Waals surface area contributed by atoms with E-state index in [1.54, 1.807) is 0 Å². The minimum Gasteiger partial charge on any atom is -0.164 e. The number of hydrogen-bond acceptors (Lipinski definition) is 0. The Hall–Kier alpha value is 3.39. The van der Waals surface area contributed by atoms with E-state index in [0.29, 0.717) is 0 Å². The van der Waals surface area contributed by atoms with E-state index in [1.165, 1.54) is 0 Å². The molecule has 0 N–H and O–H groups in total. The predicted molar refractivity (Wildman–Crippen MR) is 201 cm³/mol. The Morgan fingerprint density at radius 1 is 0.178 bits per heavy atom. The van der Waals surface area contributed by atoms with Crippen LogP contribution in [-0.4, -0.2) is 0 Å². The maximum absolute atomic E-state index is 5.64. The van der Waals surface area contributed by atoms with Crippen molar-refractivity contribution < 1.29 is 21.7 Å². The molecule has 21 heteroatoms. The van der Waals surface area contributed by atoms with Gasteiger partial charge in [0.15, 0.2) is 0 Å². The van der Waals surface area contributed by atoms with Gasteiger partial charge in [-0.3, -0.25) is 0 Å². The zero-order valence-electron chi connectivity index (χ0n) is 20.1. The topological polar surface area (TPSA) is 0 Å². The number of hydrogen-bond donors (Lipinski definition) is 0. The summed E-state index contributed by atoms with van der Waals surface area (Å²) in [6.07, 6.45) is 0. The maximum atomic E-state index is 5.64. The van der Waals surface area contributed by atoms with Crippen molar-refractivity contribution in [1.82, 2.24) is 0 Å². The molecule has 0 fully saturated rings. The van der Waals surface area contributed by atoms with Gasteiger partial charge in [0.25, 0.3) is 0 Å². The van der Waals surface area contributed by atoms with Crippen molar-refractivity contribution in [3.63, 3.8) is 0 Å². The van der Waals surface area contributed by atoms with Gasteiger partial charge in [0, 0.05) is 0 Å². The summed E-state index contributed by atoms with van der Waals surface area (Å²) in [5.74, 6) is 0. The van der Waals surface area contributed by atoms with Gasteiger partial charge >= 0.3 is 21.7 Å². The standard InChI is InChI=1S/4C6Cl5.Ti/c4*7-2-1-3(8)5(10)6(11)4(2)9;/q4*-1;+4. The summed E-state index contributed by atoms with van der Waals surface area (Å²) >= 11 is 112. The zero-order valence-corrected chi connectivity index (χ0v) is 36.7. The minimum atomic E-state index is 0. The molecule has 0 saturated carbocycles. The second-order valence-corrected chi connectivity index (χ2v) is 14.3. The van der Waals surface area contributed by atoms with E-state index in [0.717, 1.165) is 0 Å². The summed E-state index contributed by atoms with van der Waals surface area (Å²) in [4.78, 5) is 0. The van der Waals surface area contributed by atoms with E-state index in [-0.39, 0.29) is 122 Å². The molecule has 4 rings (SSSR count). The van der Waals surface area contributed by atoms with Crippen molar-refractivity contribution >= 4 is 232 Å². The Labute approximate surface area is 373 Å². The van der Waals surface area contributed by atoms with Crippen molar-refractivity contribution in [2.24, 2.45) is 0 Å².